The van der Waals surface area contributed by atoms with Gasteiger partial charge in [-0.3, -0.25) is 9.59 Å². The second kappa shape index (κ2) is 9.17. The number of carboxylic acid groups (broad SMARTS) is 2. The van der Waals surface area contributed by atoms with Crippen LogP contribution >= 0.6 is 0 Å². The van der Waals surface area contributed by atoms with Crippen LogP contribution in [0.2, 0.25) is 0 Å². The van der Waals surface area contributed by atoms with Crippen LogP contribution in [0.4, 0.5) is 0 Å². The highest BCUT2D eigenvalue weighted by molar-refractivity contribution is 5.93. The van der Waals surface area contributed by atoms with Gasteiger partial charge in [0.15, 0.2) is 6.61 Å². The van der Waals surface area contributed by atoms with Crippen LogP contribution in [0.15, 0.2) is 54.6 Å². The Labute approximate surface area is 178 Å². The third-order valence-corrected chi connectivity index (χ3v) is 4.79. The summed E-state index contributed by atoms with van der Waals surface area (Å²) in [5, 5.41) is 17.9. The third-order valence-electron chi connectivity index (χ3n) is 4.79. The van der Waals surface area contributed by atoms with Gasteiger partial charge in [0.25, 0.3) is 0 Å². The molecule has 0 saturated heterocycles. The standard InChI is InChI=1S/C23H22N2O6/c1-14-12-16(23(24)30)4-9-19(14)25-17(6-11-21(26)27)5-10-20(25)15-2-7-18(8-3-15)31-13-22(28)29/h2-5,7-10,12H,6,11,13H2,1H3,(H2,24,30)(H,26,27)(H,28,29). The number of nitrogens with two attached hydrogens (primary N) is 1. The number of nitrogens with zero attached hydrogens (tertiary/aromatic N) is 1. The number of aliphatic carboxylic acids is 2. The van der Waals surface area contributed by atoms with E-state index in [4.69, 9.17) is 20.7 Å². The van der Waals surface area contributed by atoms with Crippen LogP contribution < -0.4 is 10.5 Å². The first-order chi connectivity index (χ1) is 14.8. The maximum absolute atomic E-state index is 11.5. The lowest BCUT2D eigenvalue weighted by molar-refractivity contribution is -0.139. The van der Waals surface area contributed by atoms with E-state index >= 15 is 0 Å². The predicted molar refractivity (Wildman–Crippen MR) is 114 cm³/mol. The molecular weight excluding hydrogens is 400 g/mol. The number of rotatable bonds is 9. The number of carbonyl (C=O) groups excluding carboxylic acids is 1. The van der Waals surface area contributed by atoms with E-state index in [1.165, 1.54) is 0 Å². The van der Waals surface area contributed by atoms with Gasteiger partial charge in [-0.05, 0) is 79.1 Å². The number of hydrogen-bond acceptors (Lipinski definition) is 4. The molecule has 2 aromatic carbocycles. The van der Waals surface area contributed by atoms with Crippen LogP contribution in [0, 0.1) is 6.92 Å². The van der Waals surface area contributed by atoms with Crippen LogP contribution in [0.25, 0.3) is 16.9 Å². The zero-order valence-corrected chi connectivity index (χ0v) is 16.9. The van der Waals surface area contributed by atoms with Crippen molar-refractivity contribution in [1.29, 1.82) is 0 Å². The number of amides is 1. The first-order valence-corrected chi connectivity index (χ1v) is 9.54. The van der Waals surface area contributed by atoms with Gasteiger partial charge in [-0.2, -0.15) is 0 Å². The van der Waals surface area contributed by atoms with Crippen LogP contribution in [0.3, 0.4) is 0 Å². The number of carbonyl (C=O) groups is 3. The Morgan fingerprint density at radius 1 is 0.968 bits per heavy atom. The summed E-state index contributed by atoms with van der Waals surface area (Å²) in [4.78, 5) is 33.3. The predicted octanol–water partition coefficient (Wildman–Crippen LogP) is 3.03. The molecule has 1 aromatic heterocycles. The maximum Gasteiger partial charge on any atom is 0.341 e. The Hall–Kier alpha value is -4.07. The topological polar surface area (TPSA) is 132 Å². The fourth-order valence-electron chi connectivity index (χ4n) is 3.35. The summed E-state index contributed by atoms with van der Waals surface area (Å²) >= 11 is 0. The minimum Gasteiger partial charge on any atom is -0.482 e. The van der Waals surface area contributed by atoms with Crippen molar-refractivity contribution in [3.63, 3.8) is 0 Å². The summed E-state index contributed by atoms with van der Waals surface area (Å²) in [5.74, 6) is -2.05. The van der Waals surface area contributed by atoms with Crippen molar-refractivity contribution in [2.45, 2.75) is 19.8 Å². The SMILES string of the molecule is Cc1cc(C(N)=O)ccc1-n1c(CCC(=O)O)ccc1-c1ccc(OCC(=O)O)cc1. The molecule has 0 spiro atoms. The lowest BCUT2D eigenvalue weighted by Gasteiger charge is -2.17. The first kappa shape index (κ1) is 21.6. The smallest absolute Gasteiger partial charge is 0.341 e. The summed E-state index contributed by atoms with van der Waals surface area (Å²) in [5.41, 5.74) is 9.85. The Balaban J connectivity index is 2.04. The van der Waals surface area contributed by atoms with Crippen LogP contribution in [0.5, 0.6) is 5.75 Å². The molecule has 0 unspecified atom stereocenters. The summed E-state index contributed by atoms with van der Waals surface area (Å²) < 4.78 is 7.14. The van der Waals surface area contributed by atoms with Gasteiger partial charge < -0.3 is 25.3 Å². The van der Waals surface area contributed by atoms with E-state index in [2.05, 4.69) is 0 Å². The second-order valence-electron chi connectivity index (χ2n) is 7.01. The van der Waals surface area contributed by atoms with E-state index in [1.54, 1.807) is 42.5 Å². The molecule has 0 radical (unpaired) electrons. The second-order valence-corrected chi connectivity index (χ2v) is 7.01. The zero-order chi connectivity index (χ0) is 22.5. The Morgan fingerprint density at radius 3 is 2.26 bits per heavy atom. The first-order valence-electron chi connectivity index (χ1n) is 9.54. The molecule has 0 fully saturated rings. The monoisotopic (exact) mass is 422 g/mol. The molecular formula is C23H22N2O6. The van der Waals surface area contributed by atoms with E-state index in [0.717, 1.165) is 28.2 Å². The van der Waals surface area contributed by atoms with Gasteiger partial charge in [0.1, 0.15) is 5.75 Å². The summed E-state index contributed by atoms with van der Waals surface area (Å²) in [6.45, 7) is 1.43. The van der Waals surface area contributed by atoms with Crippen molar-refractivity contribution in [3.8, 4) is 22.7 Å². The highest BCUT2D eigenvalue weighted by Gasteiger charge is 2.16. The third kappa shape index (κ3) is 5.11. The summed E-state index contributed by atoms with van der Waals surface area (Å²) in [6.07, 6.45) is 0.302. The van der Waals surface area contributed by atoms with Gasteiger partial charge in [0.05, 0.1) is 12.1 Å². The molecule has 3 aromatic rings. The zero-order valence-electron chi connectivity index (χ0n) is 16.9. The molecule has 1 amide bonds. The maximum atomic E-state index is 11.5. The van der Waals surface area contributed by atoms with Crippen molar-refractivity contribution >= 4 is 17.8 Å². The number of ether oxygens (including phenoxy) is 1. The van der Waals surface area contributed by atoms with Gasteiger partial charge >= 0.3 is 11.9 Å². The largest absolute Gasteiger partial charge is 0.482 e. The minimum absolute atomic E-state index is 0.0240. The highest BCUT2D eigenvalue weighted by atomic mass is 16.5. The van der Waals surface area contributed by atoms with E-state index in [1.807, 2.05) is 23.6 Å². The molecule has 0 bridgehead atoms. The Morgan fingerprint density at radius 2 is 1.68 bits per heavy atom. The lowest BCUT2D eigenvalue weighted by atomic mass is 10.1. The van der Waals surface area contributed by atoms with Crippen molar-refractivity contribution in [2.24, 2.45) is 5.73 Å². The fraction of sp³-hybridized carbons (Fsp3) is 0.174. The molecule has 3 rings (SSSR count). The number of benzene rings is 2. The molecule has 0 atom stereocenters. The van der Waals surface area contributed by atoms with E-state index < -0.39 is 24.5 Å². The molecule has 4 N–H and O–H groups in total. The summed E-state index contributed by atoms with van der Waals surface area (Å²) in [7, 11) is 0. The van der Waals surface area contributed by atoms with Crippen LogP contribution in [-0.2, 0) is 16.0 Å². The van der Waals surface area contributed by atoms with Gasteiger partial charge in [-0.25, -0.2) is 4.79 Å². The quantitative estimate of drug-likeness (QED) is 0.486. The van der Waals surface area contributed by atoms with Gasteiger partial charge in [0, 0.05) is 16.9 Å². The molecule has 31 heavy (non-hydrogen) atoms. The molecule has 0 aliphatic heterocycles. The minimum atomic E-state index is -1.06. The number of hydrogen-bond donors (Lipinski definition) is 3. The van der Waals surface area contributed by atoms with E-state index in [9.17, 15) is 14.4 Å². The van der Waals surface area contributed by atoms with E-state index in [0.29, 0.717) is 17.7 Å². The Kier molecular flexibility index (Phi) is 6.40. The molecule has 1 heterocycles. The molecule has 0 aliphatic carbocycles. The highest BCUT2D eigenvalue weighted by Crippen LogP contribution is 2.30. The van der Waals surface area contributed by atoms with Crippen LogP contribution in [-0.4, -0.2) is 39.2 Å². The van der Waals surface area contributed by atoms with Gasteiger partial charge in [-0.15, -0.1) is 0 Å². The number of aryl methyl sites for hydroxylation is 2. The number of carboxylic acids is 2. The molecule has 160 valence electrons. The fourth-order valence-corrected chi connectivity index (χ4v) is 3.35. The van der Waals surface area contributed by atoms with Crippen molar-refractivity contribution < 1.29 is 29.3 Å². The number of aromatic nitrogens is 1. The van der Waals surface area contributed by atoms with Gasteiger partial charge in [0.2, 0.25) is 5.91 Å². The van der Waals surface area contributed by atoms with Crippen molar-refractivity contribution in [1.82, 2.24) is 4.57 Å². The normalized spacial score (nSPS) is 10.6. The molecule has 0 saturated carbocycles. The number of primary amides is 1. The molecule has 8 heteroatoms. The van der Waals surface area contributed by atoms with E-state index in [-0.39, 0.29) is 6.42 Å². The average Bonchev–Trinajstić information content (AvgIpc) is 3.14. The lowest BCUT2D eigenvalue weighted by Crippen LogP contribution is -2.12. The Bertz CT molecular complexity index is 1130. The van der Waals surface area contributed by atoms with Gasteiger partial charge in [-0.1, -0.05) is 0 Å². The van der Waals surface area contributed by atoms with Crippen molar-refractivity contribution in [2.75, 3.05) is 6.61 Å². The summed E-state index contributed by atoms with van der Waals surface area (Å²) in [6, 6.07) is 15.8. The van der Waals surface area contributed by atoms with Crippen LogP contribution in [0.1, 0.15) is 28.0 Å². The molecule has 8 nitrogen and oxygen atoms in total. The molecule has 0 aliphatic rings. The average molecular weight is 422 g/mol. The van der Waals surface area contributed by atoms with Crippen molar-refractivity contribution in [3.05, 3.63) is 71.4 Å².